The van der Waals surface area contributed by atoms with Crippen molar-refractivity contribution >= 4 is 15.9 Å². The van der Waals surface area contributed by atoms with Crippen LogP contribution in [-0.4, -0.2) is 35.2 Å². The first-order valence-corrected chi connectivity index (χ1v) is 7.05. The molecule has 0 spiro atoms. The molecule has 0 radical (unpaired) electrons. The van der Waals surface area contributed by atoms with E-state index in [-0.39, 0.29) is 12.0 Å². The first-order valence-electron chi connectivity index (χ1n) is 6.25. The van der Waals surface area contributed by atoms with Crippen LogP contribution >= 0.6 is 15.9 Å². The lowest BCUT2D eigenvalue weighted by atomic mass is 9.87. The highest BCUT2D eigenvalue weighted by molar-refractivity contribution is 9.10. The molecule has 0 saturated carbocycles. The Morgan fingerprint density at radius 1 is 1.29 bits per heavy atom. The van der Waals surface area contributed by atoms with Gasteiger partial charge in [0.1, 0.15) is 0 Å². The van der Waals surface area contributed by atoms with Gasteiger partial charge in [0.2, 0.25) is 0 Å². The summed E-state index contributed by atoms with van der Waals surface area (Å²) in [5, 5.41) is 10.2. The van der Waals surface area contributed by atoms with Crippen molar-refractivity contribution in [2.45, 2.75) is 38.3 Å². The Balaban J connectivity index is 2.15. The largest absolute Gasteiger partial charge is 0.392 e. The summed E-state index contributed by atoms with van der Waals surface area (Å²) < 4.78 is 1.09. The van der Waals surface area contributed by atoms with Gasteiger partial charge in [-0.1, -0.05) is 28.1 Å². The number of piperidine rings is 1. The fraction of sp³-hybridized carbons (Fsp3) is 0.571. The zero-order chi connectivity index (χ0) is 12.4. The third-order valence-corrected chi connectivity index (χ3v) is 4.16. The van der Waals surface area contributed by atoms with E-state index in [2.05, 4.69) is 58.9 Å². The van der Waals surface area contributed by atoms with Crippen LogP contribution in [0.1, 0.15) is 31.7 Å². The second-order valence-electron chi connectivity index (χ2n) is 5.10. The van der Waals surface area contributed by atoms with E-state index in [0.717, 1.165) is 24.0 Å². The summed E-state index contributed by atoms with van der Waals surface area (Å²) in [6, 6.07) is 8.89. The minimum absolute atomic E-state index is 0.203. The van der Waals surface area contributed by atoms with Crippen molar-refractivity contribution in [2.24, 2.45) is 0 Å². The number of benzene rings is 1. The van der Waals surface area contributed by atoms with Gasteiger partial charge in [0, 0.05) is 29.5 Å². The summed E-state index contributed by atoms with van der Waals surface area (Å²) in [5.74, 6) is 0.249. The molecule has 0 amide bonds. The highest BCUT2D eigenvalue weighted by atomic mass is 79.9. The minimum atomic E-state index is -0.203. The Morgan fingerprint density at radius 2 is 1.94 bits per heavy atom. The SMILES string of the molecule is CC(C)N1CC[C@H](O)[C@@H](c2ccc(Br)cc2)C1. The number of aliphatic hydroxyl groups is 1. The van der Waals surface area contributed by atoms with Crippen molar-refractivity contribution in [3.8, 4) is 0 Å². The van der Waals surface area contributed by atoms with Gasteiger partial charge in [0.05, 0.1) is 6.10 Å². The van der Waals surface area contributed by atoms with Crippen molar-refractivity contribution in [3.63, 3.8) is 0 Å². The maximum absolute atomic E-state index is 10.2. The second kappa shape index (κ2) is 5.51. The smallest absolute Gasteiger partial charge is 0.0633 e. The van der Waals surface area contributed by atoms with Gasteiger partial charge in [-0.25, -0.2) is 0 Å². The lowest BCUT2D eigenvalue weighted by Crippen LogP contribution is -2.44. The average molecular weight is 298 g/mol. The van der Waals surface area contributed by atoms with Crippen molar-refractivity contribution in [3.05, 3.63) is 34.3 Å². The number of hydrogen-bond acceptors (Lipinski definition) is 2. The number of hydrogen-bond donors (Lipinski definition) is 1. The normalized spacial score (nSPS) is 26.4. The van der Waals surface area contributed by atoms with Crippen molar-refractivity contribution in [1.29, 1.82) is 0 Å². The Morgan fingerprint density at radius 3 is 2.53 bits per heavy atom. The summed E-state index contributed by atoms with van der Waals surface area (Å²) in [6.07, 6.45) is 0.671. The van der Waals surface area contributed by atoms with Crippen LogP contribution < -0.4 is 0 Å². The van der Waals surface area contributed by atoms with Crippen LogP contribution in [-0.2, 0) is 0 Å². The third kappa shape index (κ3) is 3.09. The molecule has 1 aromatic rings. The monoisotopic (exact) mass is 297 g/mol. The van der Waals surface area contributed by atoms with Crippen LogP contribution in [0.15, 0.2) is 28.7 Å². The minimum Gasteiger partial charge on any atom is -0.392 e. The molecule has 2 rings (SSSR count). The lowest BCUT2D eigenvalue weighted by Gasteiger charge is -2.38. The van der Waals surface area contributed by atoms with Crippen LogP contribution in [0.5, 0.6) is 0 Å². The van der Waals surface area contributed by atoms with Crippen LogP contribution in [0.25, 0.3) is 0 Å². The van der Waals surface area contributed by atoms with E-state index in [1.165, 1.54) is 5.56 Å². The van der Waals surface area contributed by atoms with Crippen LogP contribution in [0, 0.1) is 0 Å². The van der Waals surface area contributed by atoms with Gasteiger partial charge in [-0.15, -0.1) is 0 Å². The van der Waals surface area contributed by atoms with Crippen molar-refractivity contribution < 1.29 is 5.11 Å². The number of nitrogens with zero attached hydrogens (tertiary/aromatic N) is 1. The maximum atomic E-state index is 10.2. The number of likely N-dealkylation sites (tertiary alicyclic amines) is 1. The summed E-state index contributed by atoms with van der Waals surface area (Å²) in [5.41, 5.74) is 1.24. The zero-order valence-electron chi connectivity index (χ0n) is 10.4. The number of halogens is 1. The average Bonchev–Trinajstić information content (AvgIpc) is 2.31. The number of rotatable bonds is 2. The molecule has 1 aromatic carbocycles. The molecule has 0 bridgehead atoms. The van der Waals surface area contributed by atoms with Crippen molar-refractivity contribution in [2.75, 3.05) is 13.1 Å². The van der Waals surface area contributed by atoms with E-state index in [1.54, 1.807) is 0 Å². The van der Waals surface area contributed by atoms with Crippen molar-refractivity contribution in [1.82, 2.24) is 4.90 Å². The highest BCUT2D eigenvalue weighted by Gasteiger charge is 2.29. The molecule has 2 atom stereocenters. The summed E-state index contributed by atoms with van der Waals surface area (Å²) in [6.45, 7) is 6.40. The molecular formula is C14H20BrNO. The molecule has 94 valence electrons. The fourth-order valence-corrected chi connectivity index (χ4v) is 2.74. The Hall–Kier alpha value is -0.380. The summed E-state index contributed by atoms with van der Waals surface area (Å²) >= 11 is 3.45. The summed E-state index contributed by atoms with van der Waals surface area (Å²) in [7, 11) is 0. The molecular weight excluding hydrogens is 278 g/mol. The van der Waals surface area contributed by atoms with Crippen LogP contribution in [0.3, 0.4) is 0 Å². The van der Waals surface area contributed by atoms with E-state index >= 15 is 0 Å². The van der Waals surface area contributed by atoms with Gasteiger partial charge in [-0.2, -0.15) is 0 Å². The molecule has 3 heteroatoms. The van der Waals surface area contributed by atoms with E-state index < -0.39 is 0 Å². The van der Waals surface area contributed by atoms with Gasteiger partial charge >= 0.3 is 0 Å². The first kappa shape index (κ1) is 13.1. The zero-order valence-corrected chi connectivity index (χ0v) is 12.0. The quantitative estimate of drug-likeness (QED) is 0.907. The highest BCUT2D eigenvalue weighted by Crippen LogP contribution is 2.29. The van der Waals surface area contributed by atoms with Gasteiger partial charge in [0.15, 0.2) is 0 Å². The first-order chi connectivity index (χ1) is 8.08. The van der Waals surface area contributed by atoms with Gasteiger partial charge < -0.3 is 10.0 Å². The molecule has 0 unspecified atom stereocenters. The Kier molecular flexibility index (Phi) is 4.23. The molecule has 1 fully saturated rings. The predicted octanol–water partition coefficient (Wildman–Crippen LogP) is 3.01. The molecule has 0 aliphatic carbocycles. The molecule has 2 nitrogen and oxygen atoms in total. The van der Waals surface area contributed by atoms with E-state index in [1.807, 2.05) is 0 Å². The predicted molar refractivity (Wildman–Crippen MR) is 74.2 cm³/mol. The van der Waals surface area contributed by atoms with Gasteiger partial charge in [-0.3, -0.25) is 0 Å². The number of aliphatic hydroxyl groups excluding tert-OH is 1. The molecule has 1 N–H and O–H groups in total. The van der Waals surface area contributed by atoms with Gasteiger partial charge in [-0.05, 0) is 38.0 Å². The van der Waals surface area contributed by atoms with E-state index in [4.69, 9.17) is 0 Å². The van der Waals surface area contributed by atoms with E-state index in [0.29, 0.717) is 6.04 Å². The molecule has 17 heavy (non-hydrogen) atoms. The maximum Gasteiger partial charge on any atom is 0.0633 e. The Bertz CT molecular complexity index is 363. The lowest BCUT2D eigenvalue weighted by molar-refractivity contribution is 0.0471. The molecule has 1 aliphatic rings. The summed E-state index contributed by atoms with van der Waals surface area (Å²) in [4.78, 5) is 2.44. The standard InChI is InChI=1S/C14H20BrNO/c1-10(2)16-8-7-14(17)13(9-16)11-3-5-12(15)6-4-11/h3-6,10,13-14,17H,7-9H2,1-2H3/t13-,14+/m1/s1. The van der Waals surface area contributed by atoms with Crippen LogP contribution in [0.4, 0.5) is 0 Å². The van der Waals surface area contributed by atoms with E-state index in [9.17, 15) is 5.11 Å². The molecule has 0 aromatic heterocycles. The third-order valence-electron chi connectivity index (χ3n) is 3.64. The molecule has 1 aliphatic heterocycles. The van der Waals surface area contributed by atoms with Gasteiger partial charge in [0.25, 0.3) is 0 Å². The molecule has 1 heterocycles. The second-order valence-corrected chi connectivity index (χ2v) is 6.02. The fourth-order valence-electron chi connectivity index (χ4n) is 2.47. The molecule has 1 saturated heterocycles. The Labute approximate surface area is 112 Å². The topological polar surface area (TPSA) is 23.5 Å². The van der Waals surface area contributed by atoms with Crippen LogP contribution in [0.2, 0.25) is 0 Å².